The third-order valence-electron chi connectivity index (χ3n) is 3.19. The van der Waals surface area contributed by atoms with Gasteiger partial charge in [0.25, 0.3) is 0 Å². The molecule has 0 unspecified atom stereocenters. The molecule has 1 fully saturated rings. The second-order valence-electron chi connectivity index (χ2n) is 4.65. The van der Waals surface area contributed by atoms with Crippen LogP contribution in [0.15, 0.2) is 18.2 Å². The normalized spacial score (nSPS) is 16.9. The highest BCUT2D eigenvalue weighted by atomic mass is 32.2. The van der Waals surface area contributed by atoms with Crippen molar-refractivity contribution >= 4 is 34.7 Å². The van der Waals surface area contributed by atoms with Crippen molar-refractivity contribution in [3.8, 4) is 0 Å². The fraction of sp³-hybridized carbons (Fsp3) is 0.462. The predicted octanol–water partition coefficient (Wildman–Crippen LogP) is 3.65. The molecule has 20 heavy (non-hydrogen) atoms. The Morgan fingerprint density at radius 2 is 1.95 bits per heavy atom. The van der Waals surface area contributed by atoms with Gasteiger partial charge in [0.1, 0.15) is 4.99 Å². The van der Waals surface area contributed by atoms with E-state index >= 15 is 0 Å². The molecule has 2 rings (SSSR count). The Labute approximate surface area is 125 Å². The van der Waals surface area contributed by atoms with Gasteiger partial charge in [-0.3, -0.25) is 0 Å². The van der Waals surface area contributed by atoms with Gasteiger partial charge in [-0.1, -0.05) is 12.2 Å². The summed E-state index contributed by atoms with van der Waals surface area (Å²) < 4.78 is 38.1. The average Bonchev–Trinajstić information content (AvgIpc) is 2.38. The van der Waals surface area contributed by atoms with Gasteiger partial charge in [-0.15, -0.1) is 0 Å². The second kappa shape index (κ2) is 6.22. The summed E-state index contributed by atoms with van der Waals surface area (Å²) in [6.07, 6.45) is -2.41. The number of nitrogens with one attached hydrogen (secondary N) is 1. The lowest BCUT2D eigenvalue weighted by atomic mass is 10.1. The lowest BCUT2D eigenvalue weighted by Gasteiger charge is -2.25. The summed E-state index contributed by atoms with van der Waals surface area (Å²) in [7, 11) is 0. The molecule has 0 aromatic heterocycles. The van der Waals surface area contributed by atoms with Gasteiger partial charge >= 0.3 is 6.18 Å². The summed E-state index contributed by atoms with van der Waals surface area (Å²) in [5.74, 6) is 2.11. The first-order chi connectivity index (χ1) is 9.38. The molecule has 2 nitrogen and oxygen atoms in total. The van der Waals surface area contributed by atoms with Gasteiger partial charge in [0, 0.05) is 17.3 Å². The third kappa shape index (κ3) is 3.79. The van der Waals surface area contributed by atoms with Crippen LogP contribution in [0.2, 0.25) is 0 Å². The van der Waals surface area contributed by atoms with Crippen molar-refractivity contribution in [2.75, 3.05) is 16.8 Å². The Bertz CT molecular complexity index is 497. The van der Waals surface area contributed by atoms with Crippen molar-refractivity contribution in [2.45, 2.75) is 25.1 Å². The lowest BCUT2D eigenvalue weighted by molar-refractivity contribution is -0.137. The van der Waals surface area contributed by atoms with Gasteiger partial charge < -0.3 is 11.1 Å². The van der Waals surface area contributed by atoms with E-state index in [9.17, 15) is 13.2 Å². The van der Waals surface area contributed by atoms with E-state index in [1.165, 1.54) is 6.07 Å². The number of rotatable bonds is 3. The molecule has 0 radical (unpaired) electrons. The second-order valence-corrected chi connectivity index (χ2v) is 6.32. The van der Waals surface area contributed by atoms with Gasteiger partial charge in [-0.05, 0) is 42.5 Å². The first-order valence-corrected chi connectivity index (χ1v) is 7.79. The zero-order valence-corrected chi connectivity index (χ0v) is 12.3. The van der Waals surface area contributed by atoms with Crippen molar-refractivity contribution in [1.82, 2.24) is 0 Å². The topological polar surface area (TPSA) is 38.0 Å². The maximum Gasteiger partial charge on any atom is 0.416 e. The molecule has 1 aliphatic rings. The molecular formula is C13H15F3N2S2. The molecule has 0 atom stereocenters. The number of alkyl halides is 3. The summed E-state index contributed by atoms with van der Waals surface area (Å²) in [5, 5.41) is 3.26. The van der Waals surface area contributed by atoms with Crippen LogP contribution in [-0.2, 0) is 6.18 Å². The van der Waals surface area contributed by atoms with Crippen LogP contribution in [0.5, 0.6) is 0 Å². The minimum absolute atomic E-state index is 0.0243. The summed E-state index contributed by atoms with van der Waals surface area (Å²) >= 11 is 6.75. The molecule has 1 heterocycles. The number of hydrogen-bond donors (Lipinski definition) is 2. The molecule has 7 heteroatoms. The molecule has 110 valence electrons. The van der Waals surface area contributed by atoms with Gasteiger partial charge in [-0.25, -0.2) is 0 Å². The van der Waals surface area contributed by atoms with Gasteiger partial charge in [-0.2, -0.15) is 24.9 Å². The zero-order valence-electron chi connectivity index (χ0n) is 10.7. The fourth-order valence-corrected chi connectivity index (χ4v) is 3.39. The van der Waals surface area contributed by atoms with Crippen LogP contribution in [-0.4, -0.2) is 22.5 Å². The summed E-state index contributed by atoms with van der Waals surface area (Å²) in [6.45, 7) is 0. The minimum Gasteiger partial charge on any atom is -0.389 e. The van der Waals surface area contributed by atoms with E-state index in [-0.39, 0.29) is 16.6 Å². The average molecular weight is 320 g/mol. The summed E-state index contributed by atoms with van der Waals surface area (Å²) in [4.78, 5) is -0.0243. The standard InChI is InChI=1S/C13H15F3N2S2/c14-13(15,16)8-1-2-11(10(7-8)12(17)19)18-9-3-5-20-6-4-9/h1-2,7,9,18H,3-6H2,(H2,17,19). The van der Waals surface area contributed by atoms with Gasteiger partial charge in [0.15, 0.2) is 0 Å². The smallest absolute Gasteiger partial charge is 0.389 e. The van der Waals surface area contributed by atoms with E-state index < -0.39 is 11.7 Å². The van der Waals surface area contributed by atoms with E-state index in [1.54, 1.807) is 0 Å². The number of halogens is 3. The third-order valence-corrected chi connectivity index (χ3v) is 4.46. The molecule has 0 spiro atoms. The van der Waals surface area contributed by atoms with Crippen LogP contribution < -0.4 is 11.1 Å². The van der Waals surface area contributed by atoms with Gasteiger partial charge in [0.05, 0.1) is 5.56 Å². The highest BCUT2D eigenvalue weighted by Crippen LogP contribution is 2.32. The molecule has 1 aromatic carbocycles. The van der Waals surface area contributed by atoms with Crippen molar-refractivity contribution in [2.24, 2.45) is 5.73 Å². The van der Waals surface area contributed by atoms with Crippen LogP contribution >= 0.6 is 24.0 Å². The van der Waals surface area contributed by atoms with Crippen LogP contribution in [0.4, 0.5) is 18.9 Å². The number of nitrogens with two attached hydrogens (primary N) is 1. The van der Waals surface area contributed by atoms with E-state index in [0.29, 0.717) is 5.69 Å². The largest absolute Gasteiger partial charge is 0.416 e. The van der Waals surface area contributed by atoms with Crippen LogP contribution in [0.25, 0.3) is 0 Å². The predicted molar refractivity (Wildman–Crippen MR) is 81.3 cm³/mol. The highest BCUT2D eigenvalue weighted by Gasteiger charge is 2.31. The van der Waals surface area contributed by atoms with E-state index in [0.717, 1.165) is 36.5 Å². The quantitative estimate of drug-likeness (QED) is 0.834. The highest BCUT2D eigenvalue weighted by molar-refractivity contribution is 7.99. The Balaban J connectivity index is 2.25. The fourth-order valence-electron chi connectivity index (χ4n) is 2.11. The lowest BCUT2D eigenvalue weighted by Crippen LogP contribution is -2.26. The molecule has 1 aliphatic heterocycles. The Hall–Kier alpha value is -0.950. The Morgan fingerprint density at radius 1 is 1.30 bits per heavy atom. The number of benzene rings is 1. The minimum atomic E-state index is -4.39. The van der Waals surface area contributed by atoms with Gasteiger partial charge in [0.2, 0.25) is 0 Å². The summed E-state index contributed by atoms with van der Waals surface area (Å²) in [6, 6.07) is 3.75. The maximum absolute atomic E-state index is 12.7. The number of hydrogen-bond acceptors (Lipinski definition) is 3. The van der Waals surface area contributed by atoms with Crippen molar-refractivity contribution < 1.29 is 13.2 Å². The molecule has 1 saturated heterocycles. The number of thioether (sulfide) groups is 1. The molecule has 0 amide bonds. The molecule has 0 bridgehead atoms. The van der Waals surface area contributed by atoms with Crippen molar-refractivity contribution in [1.29, 1.82) is 0 Å². The molecule has 0 aliphatic carbocycles. The van der Waals surface area contributed by atoms with Crippen LogP contribution in [0.1, 0.15) is 24.0 Å². The Morgan fingerprint density at radius 3 is 2.50 bits per heavy atom. The number of thiocarbonyl (C=S) groups is 1. The maximum atomic E-state index is 12.7. The summed E-state index contributed by atoms with van der Waals surface area (Å²) in [5.41, 5.74) is 5.66. The first-order valence-electron chi connectivity index (χ1n) is 6.23. The van der Waals surface area contributed by atoms with Crippen molar-refractivity contribution in [3.05, 3.63) is 29.3 Å². The SMILES string of the molecule is NC(=S)c1cc(C(F)(F)F)ccc1NC1CCSCC1. The monoisotopic (exact) mass is 320 g/mol. The van der Waals surface area contributed by atoms with E-state index in [4.69, 9.17) is 18.0 Å². The van der Waals surface area contributed by atoms with Crippen LogP contribution in [0.3, 0.4) is 0 Å². The van der Waals surface area contributed by atoms with Crippen molar-refractivity contribution in [3.63, 3.8) is 0 Å². The molecule has 1 aromatic rings. The molecule has 0 saturated carbocycles. The van der Waals surface area contributed by atoms with E-state index in [2.05, 4.69) is 5.32 Å². The van der Waals surface area contributed by atoms with Crippen LogP contribution in [0, 0.1) is 0 Å². The first kappa shape index (κ1) is 15.4. The zero-order chi connectivity index (χ0) is 14.8. The molecular weight excluding hydrogens is 305 g/mol. The van der Waals surface area contributed by atoms with E-state index in [1.807, 2.05) is 11.8 Å². The number of anilines is 1. The molecule has 3 N–H and O–H groups in total. The Kier molecular flexibility index (Phi) is 4.80.